The van der Waals surface area contributed by atoms with Crippen LogP contribution in [-0.2, 0) is 6.54 Å². The van der Waals surface area contributed by atoms with Gasteiger partial charge in [0.05, 0.1) is 0 Å². The quantitative estimate of drug-likeness (QED) is 0.785. The fraction of sp³-hybridized carbons (Fsp3) is 0.600. The van der Waals surface area contributed by atoms with Crippen LogP contribution in [0.1, 0.15) is 24.6 Å². The van der Waals surface area contributed by atoms with E-state index in [-0.39, 0.29) is 0 Å². The molecular formula is C10H17BrN2S. The van der Waals surface area contributed by atoms with Gasteiger partial charge in [0.25, 0.3) is 0 Å². The van der Waals surface area contributed by atoms with Crippen molar-refractivity contribution < 1.29 is 0 Å². The average Bonchev–Trinajstić information content (AvgIpc) is 2.58. The Bertz CT molecular complexity index is 262. The summed E-state index contributed by atoms with van der Waals surface area (Å²) in [7, 11) is 0. The molecule has 0 saturated carbocycles. The molecule has 0 aliphatic rings. The lowest BCUT2D eigenvalue weighted by Gasteiger charge is -2.08. The van der Waals surface area contributed by atoms with Crippen LogP contribution in [0.25, 0.3) is 0 Å². The molecule has 1 atom stereocenters. The van der Waals surface area contributed by atoms with E-state index < -0.39 is 0 Å². The summed E-state index contributed by atoms with van der Waals surface area (Å²) in [5, 5.41) is 5.49. The summed E-state index contributed by atoms with van der Waals surface area (Å²) in [6.07, 6.45) is 2.11. The normalized spacial score (nSPS) is 13.1. The van der Waals surface area contributed by atoms with Gasteiger partial charge in [0.1, 0.15) is 0 Å². The number of hydrogen-bond donors (Lipinski definition) is 2. The minimum absolute atomic E-state index is 0.342. The highest BCUT2D eigenvalue weighted by atomic mass is 79.9. The van der Waals surface area contributed by atoms with Crippen molar-refractivity contribution in [3.8, 4) is 0 Å². The van der Waals surface area contributed by atoms with Gasteiger partial charge in [-0.25, -0.2) is 0 Å². The average molecular weight is 277 g/mol. The molecule has 1 aromatic rings. The van der Waals surface area contributed by atoms with Gasteiger partial charge in [-0.1, -0.05) is 6.92 Å². The number of rotatable bonds is 6. The van der Waals surface area contributed by atoms with E-state index in [2.05, 4.69) is 39.6 Å². The molecule has 0 amide bonds. The van der Waals surface area contributed by atoms with E-state index in [0.717, 1.165) is 25.9 Å². The summed E-state index contributed by atoms with van der Waals surface area (Å²) in [6, 6.07) is 2.42. The van der Waals surface area contributed by atoms with Crippen LogP contribution >= 0.6 is 27.3 Å². The van der Waals surface area contributed by atoms with Crippen molar-refractivity contribution in [2.45, 2.75) is 32.4 Å². The lowest BCUT2D eigenvalue weighted by molar-refractivity contribution is 0.551. The number of nitrogens with two attached hydrogens (primary N) is 1. The maximum absolute atomic E-state index is 5.82. The second-order valence-electron chi connectivity index (χ2n) is 3.33. The minimum atomic E-state index is 0.342. The van der Waals surface area contributed by atoms with Gasteiger partial charge in [-0.15, -0.1) is 11.3 Å². The topological polar surface area (TPSA) is 38.0 Å². The lowest BCUT2D eigenvalue weighted by Crippen LogP contribution is -2.25. The first-order valence-electron chi connectivity index (χ1n) is 4.92. The highest BCUT2D eigenvalue weighted by molar-refractivity contribution is 9.10. The molecule has 0 radical (unpaired) electrons. The lowest BCUT2D eigenvalue weighted by atomic mass is 10.2. The van der Waals surface area contributed by atoms with Gasteiger partial charge >= 0.3 is 0 Å². The number of nitrogens with one attached hydrogen (secondary N) is 1. The van der Waals surface area contributed by atoms with Crippen LogP contribution < -0.4 is 11.1 Å². The van der Waals surface area contributed by atoms with Crippen molar-refractivity contribution in [3.63, 3.8) is 0 Å². The maximum Gasteiger partial charge on any atom is 0.0327 e. The summed E-state index contributed by atoms with van der Waals surface area (Å²) >= 11 is 5.28. The van der Waals surface area contributed by atoms with Gasteiger partial charge in [0, 0.05) is 21.9 Å². The molecular weight excluding hydrogens is 260 g/mol. The summed E-state index contributed by atoms with van der Waals surface area (Å²) in [5.41, 5.74) is 5.82. The molecule has 1 heterocycles. The maximum atomic E-state index is 5.82. The fourth-order valence-corrected chi connectivity index (χ4v) is 2.61. The van der Waals surface area contributed by atoms with Crippen LogP contribution in [0.2, 0.25) is 0 Å². The van der Waals surface area contributed by atoms with Gasteiger partial charge in [0.2, 0.25) is 0 Å². The molecule has 0 bridgehead atoms. The van der Waals surface area contributed by atoms with Crippen molar-refractivity contribution in [2.75, 3.05) is 6.54 Å². The summed E-state index contributed by atoms with van der Waals surface area (Å²) in [5.74, 6) is 0. The van der Waals surface area contributed by atoms with Crippen molar-refractivity contribution in [3.05, 3.63) is 20.8 Å². The molecule has 1 rings (SSSR count). The number of thiophene rings is 1. The SMILES string of the molecule is CCC(N)CCNCc1sccc1Br. The van der Waals surface area contributed by atoms with Crippen LogP contribution in [0.3, 0.4) is 0 Å². The molecule has 4 heteroatoms. The zero-order valence-corrected chi connectivity index (χ0v) is 10.8. The van der Waals surface area contributed by atoms with Gasteiger partial charge in [-0.2, -0.15) is 0 Å². The third-order valence-electron chi connectivity index (χ3n) is 2.19. The van der Waals surface area contributed by atoms with Gasteiger partial charge in [0.15, 0.2) is 0 Å². The van der Waals surface area contributed by atoms with E-state index in [1.807, 2.05) is 0 Å². The number of hydrogen-bond acceptors (Lipinski definition) is 3. The van der Waals surface area contributed by atoms with Crippen molar-refractivity contribution in [1.82, 2.24) is 5.32 Å². The molecule has 14 heavy (non-hydrogen) atoms. The molecule has 2 nitrogen and oxygen atoms in total. The van der Waals surface area contributed by atoms with E-state index in [4.69, 9.17) is 5.73 Å². The van der Waals surface area contributed by atoms with E-state index in [1.54, 1.807) is 11.3 Å². The van der Waals surface area contributed by atoms with E-state index >= 15 is 0 Å². The van der Waals surface area contributed by atoms with Crippen LogP contribution in [0.5, 0.6) is 0 Å². The molecule has 0 aromatic carbocycles. The Hall–Kier alpha value is 0.100. The summed E-state index contributed by atoms with van der Waals surface area (Å²) in [6.45, 7) is 4.06. The van der Waals surface area contributed by atoms with Crippen molar-refractivity contribution in [2.24, 2.45) is 5.73 Å². The van der Waals surface area contributed by atoms with Gasteiger partial charge < -0.3 is 11.1 Å². The smallest absolute Gasteiger partial charge is 0.0327 e. The molecule has 0 aliphatic carbocycles. The summed E-state index contributed by atoms with van der Waals surface area (Å²) in [4.78, 5) is 1.36. The Morgan fingerprint density at radius 3 is 3.00 bits per heavy atom. The van der Waals surface area contributed by atoms with Crippen molar-refractivity contribution >= 4 is 27.3 Å². The Labute approximate surface area is 98.0 Å². The zero-order valence-electron chi connectivity index (χ0n) is 8.42. The van der Waals surface area contributed by atoms with Crippen molar-refractivity contribution in [1.29, 1.82) is 0 Å². The molecule has 1 aromatic heterocycles. The molecule has 0 fully saturated rings. The van der Waals surface area contributed by atoms with E-state index in [9.17, 15) is 0 Å². The van der Waals surface area contributed by atoms with Gasteiger partial charge in [-0.3, -0.25) is 0 Å². The Morgan fingerprint density at radius 2 is 2.43 bits per heavy atom. The molecule has 0 aliphatic heterocycles. The first-order chi connectivity index (χ1) is 6.74. The molecule has 0 spiro atoms. The number of halogens is 1. The fourth-order valence-electron chi connectivity index (χ4n) is 1.14. The second-order valence-corrected chi connectivity index (χ2v) is 5.18. The van der Waals surface area contributed by atoms with Gasteiger partial charge in [-0.05, 0) is 46.8 Å². The Kier molecular flexibility index (Phi) is 5.70. The second kappa shape index (κ2) is 6.56. The largest absolute Gasteiger partial charge is 0.328 e. The van der Waals surface area contributed by atoms with Crippen LogP contribution in [0.15, 0.2) is 15.9 Å². The predicted octanol–water partition coefficient (Wildman–Crippen LogP) is 2.73. The van der Waals surface area contributed by atoms with Crippen LogP contribution in [0, 0.1) is 0 Å². The zero-order chi connectivity index (χ0) is 10.4. The van der Waals surface area contributed by atoms with E-state index in [0.29, 0.717) is 6.04 Å². The Morgan fingerprint density at radius 1 is 1.64 bits per heavy atom. The third kappa shape index (κ3) is 4.09. The predicted molar refractivity (Wildman–Crippen MR) is 66.6 cm³/mol. The molecule has 80 valence electrons. The summed E-state index contributed by atoms with van der Waals surface area (Å²) < 4.78 is 1.20. The molecule has 0 saturated heterocycles. The molecule has 3 N–H and O–H groups in total. The molecule has 1 unspecified atom stereocenters. The van der Waals surface area contributed by atoms with Crippen LogP contribution in [0.4, 0.5) is 0 Å². The highest BCUT2D eigenvalue weighted by Crippen LogP contribution is 2.21. The minimum Gasteiger partial charge on any atom is -0.328 e. The monoisotopic (exact) mass is 276 g/mol. The first-order valence-corrected chi connectivity index (χ1v) is 6.59. The van der Waals surface area contributed by atoms with Crippen LogP contribution in [-0.4, -0.2) is 12.6 Å². The third-order valence-corrected chi connectivity index (χ3v) is 4.12. The first kappa shape index (κ1) is 12.2. The van der Waals surface area contributed by atoms with E-state index in [1.165, 1.54) is 9.35 Å². The standard InChI is InChI=1S/C10H17BrN2S/c1-2-8(12)3-5-13-7-10-9(11)4-6-14-10/h4,6,8,13H,2-3,5,7,12H2,1H3. The highest BCUT2D eigenvalue weighted by Gasteiger charge is 2.01. The Balaban J connectivity index is 2.13.